The van der Waals surface area contributed by atoms with Crippen molar-refractivity contribution in [3.63, 3.8) is 0 Å². The van der Waals surface area contributed by atoms with Gasteiger partial charge in [-0.15, -0.1) is 0 Å². The minimum absolute atomic E-state index is 0.0136. The van der Waals surface area contributed by atoms with Gasteiger partial charge in [0.15, 0.2) is 0 Å². The monoisotopic (exact) mass is 403 g/mol. The summed E-state index contributed by atoms with van der Waals surface area (Å²) in [6.45, 7) is 3.69. The number of carboxylic acids is 1. The molecule has 0 fully saturated rings. The van der Waals surface area contributed by atoms with Crippen LogP contribution in [-0.4, -0.2) is 32.1 Å². The number of nitrogens with zero attached hydrogens (tertiary/aromatic N) is 3. The molecule has 0 saturated carbocycles. The van der Waals surface area contributed by atoms with Crippen molar-refractivity contribution >= 4 is 34.2 Å². The summed E-state index contributed by atoms with van der Waals surface area (Å²) in [5.41, 5.74) is 9.67. The van der Waals surface area contributed by atoms with E-state index in [2.05, 4.69) is 20.4 Å². The van der Waals surface area contributed by atoms with Crippen molar-refractivity contribution in [3.8, 4) is 11.1 Å². The molecule has 0 radical (unpaired) electrons. The average molecular weight is 403 g/mol. The SMILES string of the molecule is Cc1noc(C)c1-c1ccc2c(Nc3cncc(C(=O)O)c3)c(C(N)=O)cnc2c1. The van der Waals surface area contributed by atoms with Crippen LogP contribution in [0, 0.1) is 13.8 Å². The number of benzene rings is 1. The highest BCUT2D eigenvalue weighted by Crippen LogP contribution is 2.34. The number of nitrogens with one attached hydrogen (secondary N) is 1. The van der Waals surface area contributed by atoms with Gasteiger partial charge in [0, 0.05) is 23.3 Å². The predicted molar refractivity (Wildman–Crippen MR) is 110 cm³/mol. The normalized spacial score (nSPS) is 10.9. The van der Waals surface area contributed by atoms with Gasteiger partial charge in [0.1, 0.15) is 5.76 Å². The predicted octanol–water partition coefficient (Wildman–Crippen LogP) is 3.44. The molecule has 0 spiro atoms. The molecular formula is C21H17N5O4. The van der Waals surface area contributed by atoms with Gasteiger partial charge in [-0.3, -0.25) is 14.8 Å². The number of amides is 1. The number of rotatable bonds is 5. The summed E-state index contributed by atoms with van der Waals surface area (Å²) in [5, 5.41) is 16.9. The van der Waals surface area contributed by atoms with E-state index in [0.29, 0.717) is 28.0 Å². The van der Waals surface area contributed by atoms with Gasteiger partial charge >= 0.3 is 5.97 Å². The molecule has 0 bridgehead atoms. The Labute approximate surface area is 170 Å². The summed E-state index contributed by atoms with van der Waals surface area (Å²) >= 11 is 0. The van der Waals surface area contributed by atoms with Crippen molar-refractivity contribution in [2.75, 3.05) is 5.32 Å². The first kappa shape index (κ1) is 19.1. The van der Waals surface area contributed by atoms with Crippen LogP contribution >= 0.6 is 0 Å². The number of aromatic carboxylic acids is 1. The number of hydrogen-bond acceptors (Lipinski definition) is 7. The molecule has 0 unspecified atom stereocenters. The fourth-order valence-electron chi connectivity index (χ4n) is 3.34. The number of anilines is 2. The Hall–Kier alpha value is -4.27. The van der Waals surface area contributed by atoms with E-state index in [-0.39, 0.29) is 11.1 Å². The topological polar surface area (TPSA) is 144 Å². The van der Waals surface area contributed by atoms with E-state index in [1.165, 1.54) is 24.7 Å². The second-order valence-electron chi connectivity index (χ2n) is 6.73. The van der Waals surface area contributed by atoms with Crippen LogP contribution in [0.4, 0.5) is 11.4 Å². The standard InChI is InChI=1S/C21H17N5O4/c1-10-18(11(2)30-26-10)12-3-4-15-17(6-12)24-9-16(20(22)27)19(15)25-14-5-13(21(28)29)7-23-8-14/h3-9H,1-2H3,(H2,22,27)(H,24,25)(H,28,29). The van der Waals surface area contributed by atoms with Crippen molar-refractivity contribution in [2.45, 2.75) is 13.8 Å². The number of aromatic nitrogens is 3. The third kappa shape index (κ3) is 3.32. The highest BCUT2D eigenvalue weighted by molar-refractivity contribution is 6.08. The molecule has 3 aromatic heterocycles. The Kier molecular flexibility index (Phi) is 4.63. The largest absolute Gasteiger partial charge is 0.478 e. The number of hydrogen-bond donors (Lipinski definition) is 3. The van der Waals surface area contributed by atoms with Gasteiger partial charge in [-0.25, -0.2) is 4.79 Å². The maximum atomic E-state index is 12.0. The van der Waals surface area contributed by atoms with Gasteiger partial charge in [-0.05, 0) is 31.5 Å². The number of pyridine rings is 2. The van der Waals surface area contributed by atoms with E-state index < -0.39 is 11.9 Å². The van der Waals surface area contributed by atoms with Crippen LogP contribution in [0.3, 0.4) is 0 Å². The number of aryl methyl sites for hydroxylation is 2. The van der Waals surface area contributed by atoms with Gasteiger partial charge in [0.25, 0.3) is 5.91 Å². The van der Waals surface area contributed by atoms with Crippen molar-refractivity contribution < 1.29 is 19.2 Å². The highest BCUT2D eigenvalue weighted by atomic mass is 16.5. The fourth-order valence-corrected chi connectivity index (χ4v) is 3.34. The maximum Gasteiger partial charge on any atom is 0.337 e. The third-order valence-corrected chi connectivity index (χ3v) is 4.71. The maximum absolute atomic E-state index is 12.0. The number of carbonyl (C=O) groups is 2. The van der Waals surface area contributed by atoms with E-state index >= 15 is 0 Å². The van der Waals surface area contributed by atoms with Crippen LogP contribution in [0.1, 0.15) is 32.2 Å². The van der Waals surface area contributed by atoms with Gasteiger partial charge in [-0.1, -0.05) is 17.3 Å². The van der Waals surface area contributed by atoms with Crippen LogP contribution < -0.4 is 11.1 Å². The minimum atomic E-state index is -1.11. The van der Waals surface area contributed by atoms with E-state index in [4.69, 9.17) is 10.3 Å². The molecule has 30 heavy (non-hydrogen) atoms. The molecule has 0 saturated heterocycles. The Morgan fingerprint density at radius 3 is 2.60 bits per heavy atom. The summed E-state index contributed by atoms with van der Waals surface area (Å²) in [6, 6.07) is 6.97. The fraction of sp³-hybridized carbons (Fsp3) is 0.0952. The van der Waals surface area contributed by atoms with Crippen LogP contribution in [0.25, 0.3) is 22.0 Å². The van der Waals surface area contributed by atoms with Crippen molar-refractivity contribution in [1.82, 2.24) is 15.1 Å². The quantitative estimate of drug-likeness (QED) is 0.459. The number of carboxylic acid groups (broad SMARTS) is 1. The van der Waals surface area contributed by atoms with Gasteiger partial charge < -0.3 is 20.7 Å². The molecule has 150 valence electrons. The lowest BCUT2D eigenvalue weighted by molar-refractivity contribution is 0.0696. The number of fused-ring (bicyclic) bond motifs is 1. The number of primary amides is 1. The van der Waals surface area contributed by atoms with Crippen molar-refractivity contribution in [3.05, 3.63) is 65.4 Å². The second-order valence-corrected chi connectivity index (χ2v) is 6.73. The Morgan fingerprint density at radius 2 is 1.93 bits per heavy atom. The number of nitrogens with two attached hydrogens (primary N) is 1. The molecule has 0 aliphatic heterocycles. The molecule has 4 aromatic rings. The highest BCUT2D eigenvalue weighted by Gasteiger charge is 2.17. The molecule has 4 N–H and O–H groups in total. The van der Waals surface area contributed by atoms with Crippen LogP contribution in [0.2, 0.25) is 0 Å². The van der Waals surface area contributed by atoms with E-state index in [9.17, 15) is 14.7 Å². The molecule has 0 atom stereocenters. The Morgan fingerprint density at radius 1 is 1.13 bits per heavy atom. The molecule has 9 heteroatoms. The zero-order valence-corrected chi connectivity index (χ0v) is 16.1. The Balaban J connectivity index is 1.86. The van der Waals surface area contributed by atoms with Gasteiger partial charge in [0.2, 0.25) is 0 Å². The van der Waals surface area contributed by atoms with Crippen molar-refractivity contribution in [2.24, 2.45) is 5.73 Å². The molecule has 9 nitrogen and oxygen atoms in total. The first-order chi connectivity index (χ1) is 14.3. The number of carbonyl (C=O) groups excluding carboxylic acids is 1. The Bertz CT molecular complexity index is 1290. The first-order valence-corrected chi connectivity index (χ1v) is 8.96. The molecule has 1 amide bonds. The lowest BCUT2D eigenvalue weighted by Crippen LogP contribution is -2.14. The first-order valence-electron chi connectivity index (χ1n) is 8.96. The second kappa shape index (κ2) is 7.28. The molecule has 0 aliphatic rings. The lowest BCUT2D eigenvalue weighted by atomic mass is 10.0. The van der Waals surface area contributed by atoms with Crippen LogP contribution in [0.15, 0.2) is 47.4 Å². The summed E-state index contributed by atoms with van der Waals surface area (Å²) < 4.78 is 5.25. The summed E-state index contributed by atoms with van der Waals surface area (Å²) in [5.74, 6) is -1.08. The zero-order chi connectivity index (χ0) is 21.4. The minimum Gasteiger partial charge on any atom is -0.478 e. The van der Waals surface area contributed by atoms with Crippen LogP contribution in [0.5, 0.6) is 0 Å². The van der Waals surface area contributed by atoms with E-state index in [0.717, 1.165) is 16.8 Å². The van der Waals surface area contributed by atoms with Crippen molar-refractivity contribution in [1.29, 1.82) is 0 Å². The third-order valence-electron chi connectivity index (χ3n) is 4.71. The van der Waals surface area contributed by atoms with Gasteiger partial charge in [0.05, 0.1) is 39.9 Å². The van der Waals surface area contributed by atoms with E-state index in [1.54, 1.807) is 0 Å². The van der Waals surface area contributed by atoms with Gasteiger partial charge in [-0.2, -0.15) is 0 Å². The van der Waals surface area contributed by atoms with Crippen LogP contribution in [-0.2, 0) is 0 Å². The zero-order valence-electron chi connectivity index (χ0n) is 16.1. The smallest absolute Gasteiger partial charge is 0.337 e. The molecule has 0 aliphatic carbocycles. The molecular weight excluding hydrogens is 386 g/mol. The summed E-state index contributed by atoms with van der Waals surface area (Å²) in [6.07, 6.45) is 4.09. The summed E-state index contributed by atoms with van der Waals surface area (Å²) in [7, 11) is 0. The summed E-state index contributed by atoms with van der Waals surface area (Å²) in [4.78, 5) is 31.5. The van der Waals surface area contributed by atoms with E-state index in [1.807, 2.05) is 32.0 Å². The molecule has 3 heterocycles. The molecule has 4 rings (SSSR count). The lowest BCUT2D eigenvalue weighted by Gasteiger charge is -2.14. The molecule has 1 aromatic carbocycles. The average Bonchev–Trinajstić information content (AvgIpc) is 3.05.